The molecule has 6 nitrogen and oxygen atoms in total. The molecule has 3 rings (SSSR count). The van der Waals surface area contributed by atoms with Gasteiger partial charge in [0.05, 0.1) is 12.2 Å². The number of ether oxygens (including phenoxy) is 1. The van der Waals surface area contributed by atoms with Gasteiger partial charge in [-0.05, 0) is 51.1 Å². The van der Waals surface area contributed by atoms with E-state index in [2.05, 4.69) is 4.98 Å². The molecule has 0 aliphatic rings. The van der Waals surface area contributed by atoms with Gasteiger partial charge in [0, 0.05) is 16.6 Å². The van der Waals surface area contributed by atoms with Crippen molar-refractivity contribution in [1.82, 2.24) is 4.98 Å². The van der Waals surface area contributed by atoms with E-state index >= 15 is 0 Å². The van der Waals surface area contributed by atoms with Crippen LogP contribution in [0, 0.1) is 13.8 Å². The third kappa shape index (κ3) is 3.43. The van der Waals surface area contributed by atoms with Gasteiger partial charge in [-0.3, -0.25) is 0 Å². The number of carbonyl (C=O) groups is 1. The van der Waals surface area contributed by atoms with Crippen LogP contribution in [0.4, 0.5) is 0 Å². The van der Waals surface area contributed by atoms with Crippen molar-refractivity contribution < 1.29 is 22.1 Å². The number of rotatable bonds is 5. The SMILES string of the molecule is CCOC(=O)c1c(C)[nH]c2ccc(OS(=O)(=O)c3ccc(C)cc3)cc12. The quantitative estimate of drug-likeness (QED) is 0.544. The van der Waals surface area contributed by atoms with Crippen molar-refractivity contribution >= 4 is 27.0 Å². The van der Waals surface area contributed by atoms with Crippen LogP contribution in [0.15, 0.2) is 47.4 Å². The first-order chi connectivity index (χ1) is 12.3. The number of carbonyl (C=O) groups excluding carboxylic acids is 1. The summed E-state index contributed by atoms with van der Waals surface area (Å²) in [6.45, 7) is 5.61. The molecule has 0 aliphatic carbocycles. The van der Waals surface area contributed by atoms with Crippen molar-refractivity contribution in [3.8, 4) is 5.75 Å². The normalized spacial score (nSPS) is 11.5. The number of fused-ring (bicyclic) bond motifs is 1. The molecule has 1 heterocycles. The molecule has 1 N–H and O–H groups in total. The first-order valence-electron chi connectivity index (χ1n) is 8.12. The Bertz CT molecular complexity index is 1070. The Balaban J connectivity index is 1.99. The van der Waals surface area contributed by atoms with Gasteiger partial charge in [0.2, 0.25) is 0 Å². The molecule has 26 heavy (non-hydrogen) atoms. The summed E-state index contributed by atoms with van der Waals surface area (Å²) in [7, 11) is -3.96. The van der Waals surface area contributed by atoms with E-state index in [0.717, 1.165) is 5.56 Å². The topological polar surface area (TPSA) is 85.5 Å². The van der Waals surface area contributed by atoms with Gasteiger partial charge in [-0.1, -0.05) is 17.7 Å². The summed E-state index contributed by atoms with van der Waals surface area (Å²) in [5, 5.41) is 0.553. The zero-order chi connectivity index (χ0) is 18.9. The minimum atomic E-state index is -3.96. The van der Waals surface area contributed by atoms with Crippen LogP contribution in [-0.2, 0) is 14.9 Å². The summed E-state index contributed by atoms with van der Waals surface area (Å²) in [6, 6.07) is 11.1. The summed E-state index contributed by atoms with van der Waals surface area (Å²) in [5.74, 6) is -0.336. The second-order valence-corrected chi connectivity index (χ2v) is 7.45. The van der Waals surface area contributed by atoms with Gasteiger partial charge >= 0.3 is 16.1 Å². The highest BCUT2D eigenvalue weighted by molar-refractivity contribution is 7.87. The maximum Gasteiger partial charge on any atom is 0.340 e. The minimum absolute atomic E-state index is 0.0686. The van der Waals surface area contributed by atoms with Crippen LogP contribution in [0.5, 0.6) is 5.75 Å². The summed E-state index contributed by atoms with van der Waals surface area (Å²) in [6.07, 6.45) is 0. The van der Waals surface area contributed by atoms with E-state index in [9.17, 15) is 13.2 Å². The van der Waals surface area contributed by atoms with Crippen molar-refractivity contribution in [3.05, 3.63) is 59.3 Å². The Morgan fingerprint density at radius 1 is 1.08 bits per heavy atom. The summed E-state index contributed by atoms with van der Waals surface area (Å²) in [5.41, 5.74) is 2.68. The smallest absolute Gasteiger partial charge is 0.340 e. The van der Waals surface area contributed by atoms with Crippen LogP contribution in [0.1, 0.15) is 28.5 Å². The van der Waals surface area contributed by atoms with Crippen LogP contribution >= 0.6 is 0 Å². The van der Waals surface area contributed by atoms with Crippen molar-refractivity contribution in [2.24, 2.45) is 0 Å². The van der Waals surface area contributed by atoms with E-state index in [1.54, 1.807) is 38.1 Å². The van der Waals surface area contributed by atoms with Crippen molar-refractivity contribution in [2.45, 2.75) is 25.7 Å². The molecule has 3 aromatic rings. The number of hydrogen-bond acceptors (Lipinski definition) is 5. The number of aryl methyl sites for hydroxylation is 2. The molecule has 1 aromatic heterocycles. The molecule has 0 saturated carbocycles. The molecule has 0 radical (unpaired) electrons. The van der Waals surface area contributed by atoms with E-state index in [0.29, 0.717) is 22.2 Å². The van der Waals surface area contributed by atoms with E-state index in [-0.39, 0.29) is 17.3 Å². The lowest BCUT2D eigenvalue weighted by Gasteiger charge is -2.08. The highest BCUT2D eigenvalue weighted by atomic mass is 32.2. The van der Waals surface area contributed by atoms with Gasteiger partial charge in [0.15, 0.2) is 0 Å². The fourth-order valence-corrected chi connectivity index (χ4v) is 3.63. The summed E-state index contributed by atoms with van der Waals surface area (Å²) < 4.78 is 35.2. The van der Waals surface area contributed by atoms with Gasteiger partial charge < -0.3 is 13.9 Å². The molecule has 136 valence electrons. The third-order valence-corrected chi connectivity index (χ3v) is 5.21. The average molecular weight is 373 g/mol. The standard InChI is InChI=1S/C19H19NO5S/c1-4-24-19(21)18-13(3)20-17-10-7-14(11-16(17)18)25-26(22,23)15-8-5-12(2)6-9-15/h5-11,20H,4H2,1-3H3. The summed E-state index contributed by atoms with van der Waals surface area (Å²) >= 11 is 0. The Labute approximate surface area is 151 Å². The van der Waals surface area contributed by atoms with Crippen LogP contribution in [-0.4, -0.2) is 26.0 Å². The van der Waals surface area contributed by atoms with E-state index in [1.807, 2.05) is 6.92 Å². The van der Waals surface area contributed by atoms with Crippen LogP contribution in [0.25, 0.3) is 10.9 Å². The van der Waals surface area contributed by atoms with Gasteiger partial charge in [-0.2, -0.15) is 8.42 Å². The molecule has 2 aromatic carbocycles. The maximum absolute atomic E-state index is 12.5. The Hall–Kier alpha value is -2.80. The monoisotopic (exact) mass is 373 g/mol. The number of esters is 1. The predicted octanol–water partition coefficient (Wildman–Crippen LogP) is 3.73. The number of benzene rings is 2. The highest BCUT2D eigenvalue weighted by Gasteiger charge is 2.20. The zero-order valence-corrected chi connectivity index (χ0v) is 15.5. The van der Waals surface area contributed by atoms with Gasteiger partial charge in [-0.15, -0.1) is 0 Å². The molecule has 0 bridgehead atoms. The van der Waals surface area contributed by atoms with Gasteiger partial charge in [0.25, 0.3) is 0 Å². The molecule has 7 heteroatoms. The molecular weight excluding hydrogens is 354 g/mol. The lowest BCUT2D eigenvalue weighted by Crippen LogP contribution is -2.09. The van der Waals surface area contributed by atoms with E-state index in [1.165, 1.54) is 18.2 Å². The van der Waals surface area contributed by atoms with Crippen LogP contribution < -0.4 is 4.18 Å². The highest BCUT2D eigenvalue weighted by Crippen LogP contribution is 2.28. The fourth-order valence-electron chi connectivity index (χ4n) is 2.70. The van der Waals surface area contributed by atoms with Crippen LogP contribution in [0.3, 0.4) is 0 Å². The number of nitrogens with one attached hydrogen (secondary N) is 1. The number of hydrogen-bond donors (Lipinski definition) is 1. The van der Waals surface area contributed by atoms with Crippen molar-refractivity contribution in [1.29, 1.82) is 0 Å². The van der Waals surface area contributed by atoms with Crippen LogP contribution in [0.2, 0.25) is 0 Å². The number of aromatic nitrogens is 1. The first kappa shape index (κ1) is 18.0. The van der Waals surface area contributed by atoms with Crippen molar-refractivity contribution in [2.75, 3.05) is 6.61 Å². The number of H-pyrrole nitrogens is 1. The average Bonchev–Trinajstić information content (AvgIpc) is 2.90. The molecule has 0 saturated heterocycles. The Morgan fingerprint density at radius 3 is 2.42 bits per heavy atom. The molecule has 0 atom stereocenters. The molecule has 0 amide bonds. The van der Waals surface area contributed by atoms with Gasteiger partial charge in [-0.25, -0.2) is 4.79 Å². The molecular formula is C19H19NO5S. The zero-order valence-electron chi connectivity index (χ0n) is 14.7. The molecule has 0 unspecified atom stereocenters. The maximum atomic E-state index is 12.5. The predicted molar refractivity (Wildman–Crippen MR) is 98.0 cm³/mol. The Kier molecular flexibility index (Phi) is 4.73. The largest absolute Gasteiger partial charge is 0.462 e. The van der Waals surface area contributed by atoms with Gasteiger partial charge in [0.1, 0.15) is 10.6 Å². The second kappa shape index (κ2) is 6.84. The third-order valence-electron chi connectivity index (χ3n) is 3.95. The first-order valence-corrected chi connectivity index (χ1v) is 9.53. The second-order valence-electron chi connectivity index (χ2n) is 5.90. The van der Waals surface area contributed by atoms with E-state index in [4.69, 9.17) is 8.92 Å². The fraction of sp³-hybridized carbons (Fsp3) is 0.211. The number of aromatic amines is 1. The molecule has 0 spiro atoms. The lowest BCUT2D eigenvalue weighted by atomic mass is 10.1. The molecule has 0 aliphatic heterocycles. The Morgan fingerprint density at radius 2 is 1.77 bits per heavy atom. The van der Waals surface area contributed by atoms with Crippen molar-refractivity contribution in [3.63, 3.8) is 0 Å². The lowest BCUT2D eigenvalue weighted by molar-refractivity contribution is 0.0528. The molecule has 0 fully saturated rings. The van der Waals surface area contributed by atoms with E-state index < -0.39 is 16.1 Å². The minimum Gasteiger partial charge on any atom is -0.462 e. The summed E-state index contributed by atoms with van der Waals surface area (Å²) in [4.78, 5) is 15.3.